The van der Waals surface area contributed by atoms with Gasteiger partial charge in [-0.2, -0.15) is 4.98 Å². The van der Waals surface area contributed by atoms with E-state index in [9.17, 15) is 8.42 Å². The first kappa shape index (κ1) is 15.6. The topological polar surface area (TPSA) is 86.0 Å². The molecule has 0 radical (unpaired) electrons. The van der Waals surface area contributed by atoms with Crippen LogP contribution in [0.15, 0.2) is 22.9 Å². The lowest BCUT2D eigenvalue weighted by Gasteiger charge is -2.16. The highest BCUT2D eigenvalue weighted by atomic mass is 32.2. The van der Waals surface area contributed by atoms with Gasteiger partial charge in [-0.25, -0.2) is 8.42 Å². The van der Waals surface area contributed by atoms with Crippen molar-refractivity contribution in [3.8, 4) is 11.5 Å². The van der Waals surface area contributed by atoms with Crippen LogP contribution >= 0.6 is 0 Å². The van der Waals surface area contributed by atoms with Crippen LogP contribution in [0.1, 0.15) is 32.2 Å². The molecule has 0 unspecified atom stereocenters. The summed E-state index contributed by atoms with van der Waals surface area (Å²) in [6.45, 7) is 7.56. The van der Waals surface area contributed by atoms with Gasteiger partial charge in [-0.05, 0) is 30.0 Å². The molecule has 0 saturated heterocycles. The molecule has 2 aromatic heterocycles. The van der Waals surface area contributed by atoms with E-state index in [1.165, 1.54) is 0 Å². The van der Waals surface area contributed by atoms with E-state index in [1.807, 2.05) is 39.8 Å². The average Bonchev–Trinajstić information content (AvgIpc) is 2.73. The van der Waals surface area contributed by atoms with E-state index in [2.05, 4.69) is 15.1 Å². The third kappa shape index (κ3) is 4.63. The number of nitrogens with zero attached hydrogens (tertiary/aromatic N) is 3. The minimum Gasteiger partial charge on any atom is -0.338 e. The van der Waals surface area contributed by atoms with Crippen molar-refractivity contribution in [2.45, 2.75) is 33.4 Å². The van der Waals surface area contributed by atoms with Gasteiger partial charge in [0.2, 0.25) is 11.7 Å². The van der Waals surface area contributed by atoms with E-state index in [4.69, 9.17) is 4.52 Å². The van der Waals surface area contributed by atoms with Crippen LogP contribution in [0.5, 0.6) is 0 Å². The van der Waals surface area contributed by atoms with Crippen LogP contribution in [0.2, 0.25) is 0 Å². The first-order valence-electron chi connectivity index (χ1n) is 6.61. The van der Waals surface area contributed by atoms with E-state index < -0.39 is 9.84 Å². The third-order valence-corrected chi connectivity index (χ3v) is 4.60. The molecule has 2 aromatic rings. The van der Waals surface area contributed by atoms with E-state index in [0.29, 0.717) is 11.5 Å². The summed E-state index contributed by atoms with van der Waals surface area (Å²) in [5.41, 5.74) is 1.28. The molecular weight excluding hydrogens is 290 g/mol. The molecule has 2 rings (SSSR count). The molecule has 114 valence electrons. The maximum absolute atomic E-state index is 12.1. The molecule has 0 spiro atoms. The molecule has 7 heteroatoms. The van der Waals surface area contributed by atoms with Gasteiger partial charge >= 0.3 is 0 Å². The highest BCUT2D eigenvalue weighted by Crippen LogP contribution is 2.20. The fourth-order valence-electron chi connectivity index (χ4n) is 1.97. The van der Waals surface area contributed by atoms with Gasteiger partial charge in [0.05, 0.1) is 5.75 Å². The number of sulfone groups is 1. The monoisotopic (exact) mass is 309 g/mol. The molecule has 0 atom stereocenters. The van der Waals surface area contributed by atoms with Crippen molar-refractivity contribution in [1.82, 2.24) is 15.1 Å². The van der Waals surface area contributed by atoms with E-state index in [0.717, 1.165) is 5.56 Å². The predicted octanol–water partition coefficient (Wildman–Crippen LogP) is 2.40. The van der Waals surface area contributed by atoms with Crippen LogP contribution in [0.25, 0.3) is 11.5 Å². The van der Waals surface area contributed by atoms with Crippen molar-refractivity contribution in [1.29, 1.82) is 0 Å². The summed E-state index contributed by atoms with van der Waals surface area (Å²) < 4.78 is 29.2. The van der Waals surface area contributed by atoms with Crippen LogP contribution in [-0.2, 0) is 15.6 Å². The molecule has 0 aliphatic rings. The van der Waals surface area contributed by atoms with Gasteiger partial charge in [0.1, 0.15) is 11.4 Å². The Balaban J connectivity index is 2.18. The molecule has 0 fully saturated rings. The number of hydrogen-bond donors (Lipinski definition) is 0. The Morgan fingerprint density at radius 3 is 2.62 bits per heavy atom. The lowest BCUT2D eigenvalue weighted by Crippen LogP contribution is -2.22. The molecule has 0 bridgehead atoms. The number of pyridine rings is 1. The summed E-state index contributed by atoms with van der Waals surface area (Å²) >= 11 is 0. The lowest BCUT2D eigenvalue weighted by atomic mass is 10.0. The first-order valence-corrected chi connectivity index (χ1v) is 8.43. The summed E-state index contributed by atoms with van der Waals surface area (Å²) in [5.74, 6) is 0.223. The standard InChI is InChI=1S/C14H19N3O3S/c1-10-5-6-15-11(7-10)13-16-12(20-17-13)8-21(18,19)9-14(2,3)4/h5-7H,8-9H2,1-4H3. The Kier molecular flexibility index (Phi) is 4.13. The second kappa shape index (κ2) is 5.55. The van der Waals surface area contributed by atoms with Crippen LogP contribution in [-0.4, -0.2) is 29.3 Å². The van der Waals surface area contributed by atoms with E-state index in [-0.39, 0.29) is 22.8 Å². The molecule has 0 aliphatic heterocycles. The van der Waals surface area contributed by atoms with Crippen molar-refractivity contribution < 1.29 is 12.9 Å². The van der Waals surface area contributed by atoms with Crippen LogP contribution in [0.4, 0.5) is 0 Å². The van der Waals surface area contributed by atoms with Crippen molar-refractivity contribution in [3.63, 3.8) is 0 Å². The second-order valence-electron chi connectivity index (χ2n) is 6.32. The van der Waals surface area contributed by atoms with E-state index in [1.54, 1.807) is 6.20 Å². The van der Waals surface area contributed by atoms with Gasteiger partial charge < -0.3 is 4.52 Å². The minimum absolute atomic E-state index is 0.0698. The minimum atomic E-state index is -3.29. The molecule has 6 nitrogen and oxygen atoms in total. The average molecular weight is 309 g/mol. The fourth-order valence-corrected chi connectivity index (χ4v) is 3.89. The maximum Gasteiger partial charge on any atom is 0.242 e. The Morgan fingerprint density at radius 2 is 2.00 bits per heavy atom. The highest BCUT2D eigenvalue weighted by Gasteiger charge is 2.24. The van der Waals surface area contributed by atoms with Crippen LogP contribution in [0, 0.1) is 12.3 Å². The number of aromatic nitrogens is 3. The van der Waals surface area contributed by atoms with Crippen molar-refractivity contribution in [2.24, 2.45) is 5.41 Å². The first-order chi connectivity index (χ1) is 9.65. The highest BCUT2D eigenvalue weighted by molar-refractivity contribution is 7.90. The normalized spacial score (nSPS) is 12.6. The number of hydrogen-bond acceptors (Lipinski definition) is 6. The van der Waals surface area contributed by atoms with Gasteiger partial charge in [-0.1, -0.05) is 25.9 Å². The second-order valence-corrected chi connectivity index (χ2v) is 8.39. The fraction of sp³-hybridized carbons (Fsp3) is 0.500. The zero-order chi connectivity index (χ0) is 15.7. The summed E-state index contributed by atoms with van der Waals surface area (Å²) in [4.78, 5) is 8.26. The number of aryl methyl sites for hydroxylation is 1. The van der Waals surface area contributed by atoms with Crippen molar-refractivity contribution >= 4 is 9.84 Å². The van der Waals surface area contributed by atoms with Crippen LogP contribution < -0.4 is 0 Å². The molecule has 0 saturated carbocycles. The zero-order valence-corrected chi connectivity index (χ0v) is 13.4. The van der Waals surface area contributed by atoms with Gasteiger partial charge in [-0.3, -0.25) is 4.98 Å². The molecular formula is C14H19N3O3S. The van der Waals surface area contributed by atoms with Gasteiger partial charge in [0.15, 0.2) is 9.84 Å². The molecule has 0 aliphatic carbocycles. The van der Waals surface area contributed by atoms with Gasteiger partial charge in [0.25, 0.3) is 0 Å². The largest absolute Gasteiger partial charge is 0.338 e. The SMILES string of the molecule is Cc1ccnc(-c2noc(CS(=O)(=O)CC(C)(C)C)n2)c1. The third-order valence-electron chi connectivity index (χ3n) is 2.61. The Hall–Kier alpha value is -1.76. The molecule has 21 heavy (non-hydrogen) atoms. The van der Waals surface area contributed by atoms with Crippen molar-refractivity contribution in [3.05, 3.63) is 29.8 Å². The molecule has 2 heterocycles. The quantitative estimate of drug-likeness (QED) is 0.862. The Morgan fingerprint density at radius 1 is 1.29 bits per heavy atom. The van der Waals surface area contributed by atoms with Crippen LogP contribution in [0.3, 0.4) is 0 Å². The molecule has 0 N–H and O–H groups in total. The molecule has 0 aromatic carbocycles. The summed E-state index contributed by atoms with van der Waals surface area (Å²) in [7, 11) is -3.29. The Labute approximate surface area is 124 Å². The Bertz CT molecular complexity index is 730. The predicted molar refractivity (Wildman–Crippen MR) is 79.2 cm³/mol. The number of rotatable bonds is 4. The summed E-state index contributed by atoms with van der Waals surface area (Å²) in [5, 5.41) is 3.80. The van der Waals surface area contributed by atoms with Gasteiger partial charge in [0, 0.05) is 6.20 Å². The lowest BCUT2D eigenvalue weighted by molar-refractivity contribution is 0.387. The smallest absolute Gasteiger partial charge is 0.242 e. The van der Waals surface area contributed by atoms with Crippen molar-refractivity contribution in [2.75, 3.05) is 5.75 Å². The van der Waals surface area contributed by atoms with Gasteiger partial charge in [-0.15, -0.1) is 0 Å². The zero-order valence-electron chi connectivity index (χ0n) is 12.6. The maximum atomic E-state index is 12.1. The summed E-state index contributed by atoms with van der Waals surface area (Å²) in [6.07, 6.45) is 1.65. The molecule has 0 amide bonds. The summed E-state index contributed by atoms with van der Waals surface area (Å²) in [6, 6.07) is 3.68. The van der Waals surface area contributed by atoms with E-state index >= 15 is 0 Å².